The first-order valence-electron chi connectivity index (χ1n) is 5.19. The molecule has 0 aliphatic carbocycles. The third-order valence-electron chi connectivity index (χ3n) is 2.23. The van der Waals surface area contributed by atoms with Crippen molar-refractivity contribution in [3.63, 3.8) is 0 Å². The highest BCUT2D eigenvalue weighted by Crippen LogP contribution is 2.09. The van der Waals surface area contributed by atoms with Crippen LogP contribution in [0.5, 0.6) is 0 Å². The van der Waals surface area contributed by atoms with Crippen molar-refractivity contribution < 1.29 is 9.90 Å². The van der Waals surface area contributed by atoms with Gasteiger partial charge >= 0.3 is 5.97 Å². The van der Waals surface area contributed by atoms with Crippen LogP contribution in [-0.2, 0) is 11.3 Å². The first-order valence-corrected chi connectivity index (χ1v) is 5.19. The van der Waals surface area contributed by atoms with E-state index in [1.807, 2.05) is 24.6 Å². The zero-order chi connectivity index (χ0) is 11.3. The summed E-state index contributed by atoms with van der Waals surface area (Å²) in [5.74, 6) is -0.208. The molecule has 1 aromatic heterocycles. The number of nitrogens with one attached hydrogen (secondary N) is 1. The van der Waals surface area contributed by atoms with E-state index in [2.05, 4.69) is 10.3 Å². The van der Waals surface area contributed by atoms with Gasteiger partial charge in [-0.3, -0.25) is 0 Å². The number of carboxylic acid groups (broad SMARTS) is 1. The maximum atomic E-state index is 10.9. The molecule has 1 atom stereocenters. The number of carboxylic acids is 1. The van der Waals surface area contributed by atoms with Gasteiger partial charge in [-0.15, -0.1) is 0 Å². The van der Waals surface area contributed by atoms with Crippen molar-refractivity contribution in [1.29, 1.82) is 0 Å². The Kier molecular flexibility index (Phi) is 4.15. The highest BCUT2D eigenvalue weighted by atomic mass is 16.4. The minimum atomic E-state index is -0.831. The molecular weight excluding hydrogens is 194 g/mol. The van der Waals surface area contributed by atoms with Crippen molar-refractivity contribution in [1.82, 2.24) is 9.55 Å². The molecule has 0 fully saturated rings. The van der Waals surface area contributed by atoms with Gasteiger partial charge in [-0.05, 0) is 13.3 Å². The highest BCUT2D eigenvalue weighted by Gasteiger charge is 2.17. The molecule has 1 heterocycles. The maximum absolute atomic E-state index is 10.9. The van der Waals surface area contributed by atoms with E-state index in [0.29, 0.717) is 12.4 Å². The smallest absolute Gasteiger partial charge is 0.326 e. The minimum absolute atomic E-state index is 0.553. The first-order chi connectivity index (χ1) is 7.19. The second-order valence-electron chi connectivity index (χ2n) is 3.36. The number of nitrogens with zero attached hydrogens (tertiary/aromatic N) is 2. The quantitative estimate of drug-likeness (QED) is 0.749. The Balaban J connectivity index is 2.69. The number of aliphatic carboxylic acids is 1. The number of anilines is 1. The molecule has 84 valence electrons. The molecule has 0 saturated carbocycles. The minimum Gasteiger partial charge on any atom is -0.480 e. The lowest BCUT2D eigenvalue weighted by Gasteiger charge is -2.14. The molecule has 15 heavy (non-hydrogen) atoms. The lowest BCUT2D eigenvalue weighted by Crippen LogP contribution is -2.30. The van der Waals surface area contributed by atoms with Gasteiger partial charge in [0.05, 0.1) is 0 Å². The van der Waals surface area contributed by atoms with Crippen LogP contribution in [0.1, 0.15) is 26.7 Å². The molecule has 0 radical (unpaired) electrons. The summed E-state index contributed by atoms with van der Waals surface area (Å²) in [7, 11) is 0. The number of hydrogen-bond donors (Lipinski definition) is 2. The third-order valence-corrected chi connectivity index (χ3v) is 2.23. The van der Waals surface area contributed by atoms with E-state index in [-0.39, 0.29) is 0 Å². The average Bonchev–Trinajstić information content (AvgIpc) is 2.64. The summed E-state index contributed by atoms with van der Waals surface area (Å²) < 4.78 is 1.88. The van der Waals surface area contributed by atoms with E-state index in [0.717, 1.165) is 13.0 Å². The van der Waals surface area contributed by atoms with Gasteiger partial charge in [-0.2, -0.15) is 0 Å². The second-order valence-corrected chi connectivity index (χ2v) is 3.36. The monoisotopic (exact) mass is 211 g/mol. The first kappa shape index (κ1) is 11.6. The Bertz CT molecular complexity index is 322. The average molecular weight is 211 g/mol. The summed E-state index contributed by atoms with van der Waals surface area (Å²) in [6, 6.07) is -0.553. The predicted octanol–water partition coefficient (Wildman–Crippen LogP) is 1.57. The summed E-state index contributed by atoms with van der Waals surface area (Å²) in [4.78, 5) is 15.0. The molecule has 1 rings (SSSR count). The van der Waals surface area contributed by atoms with Gasteiger partial charge in [0, 0.05) is 18.9 Å². The molecule has 1 unspecified atom stereocenters. The van der Waals surface area contributed by atoms with Crippen molar-refractivity contribution >= 4 is 11.9 Å². The Morgan fingerprint density at radius 1 is 1.67 bits per heavy atom. The molecule has 0 aliphatic heterocycles. The molecule has 0 spiro atoms. The van der Waals surface area contributed by atoms with Crippen LogP contribution < -0.4 is 5.32 Å². The van der Waals surface area contributed by atoms with E-state index < -0.39 is 12.0 Å². The van der Waals surface area contributed by atoms with Crippen LogP contribution in [-0.4, -0.2) is 26.7 Å². The van der Waals surface area contributed by atoms with Crippen LogP contribution in [0.4, 0.5) is 5.95 Å². The third kappa shape index (κ3) is 2.97. The Morgan fingerprint density at radius 2 is 2.40 bits per heavy atom. The number of rotatable bonds is 6. The van der Waals surface area contributed by atoms with Gasteiger partial charge in [0.1, 0.15) is 6.04 Å². The zero-order valence-electron chi connectivity index (χ0n) is 9.10. The highest BCUT2D eigenvalue weighted by molar-refractivity contribution is 5.76. The van der Waals surface area contributed by atoms with Crippen LogP contribution in [0.25, 0.3) is 0 Å². The molecule has 0 bridgehead atoms. The van der Waals surface area contributed by atoms with E-state index in [9.17, 15) is 4.79 Å². The van der Waals surface area contributed by atoms with Crippen LogP contribution in [0.15, 0.2) is 12.4 Å². The van der Waals surface area contributed by atoms with Crippen LogP contribution in [0, 0.1) is 0 Å². The fraction of sp³-hybridized carbons (Fsp3) is 0.600. The molecule has 1 aromatic rings. The molecule has 5 nitrogen and oxygen atoms in total. The summed E-state index contributed by atoms with van der Waals surface area (Å²) in [6.45, 7) is 4.73. The van der Waals surface area contributed by atoms with Gasteiger partial charge in [0.2, 0.25) is 5.95 Å². The van der Waals surface area contributed by atoms with Crippen molar-refractivity contribution in [2.24, 2.45) is 0 Å². The van der Waals surface area contributed by atoms with Crippen molar-refractivity contribution in [2.45, 2.75) is 39.3 Å². The van der Waals surface area contributed by atoms with Gasteiger partial charge in [0.15, 0.2) is 0 Å². The van der Waals surface area contributed by atoms with E-state index >= 15 is 0 Å². The summed E-state index contributed by atoms with van der Waals surface area (Å²) >= 11 is 0. The van der Waals surface area contributed by atoms with Gasteiger partial charge in [0.25, 0.3) is 0 Å². The Hall–Kier alpha value is -1.52. The van der Waals surface area contributed by atoms with Crippen molar-refractivity contribution in [3.05, 3.63) is 12.4 Å². The van der Waals surface area contributed by atoms with E-state index in [1.165, 1.54) is 0 Å². The molecule has 5 heteroatoms. The summed E-state index contributed by atoms with van der Waals surface area (Å²) in [6.07, 6.45) is 4.92. The van der Waals surface area contributed by atoms with Crippen LogP contribution >= 0.6 is 0 Å². The van der Waals surface area contributed by atoms with Crippen molar-refractivity contribution in [2.75, 3.05) is 5.32 Å². The molecule has 0 saturated heterocycles. The molecular formula is C10H17N3O2. The zero-order valence-corrected chi connectivity index (χ0v) is 9.10. The van der Waals surface area contributed by atoms with Crippen LogP contribution in [0.2, 0.25) is 0 Å². The number of aromatic nitrogens is 2. The van der Waals surface area contributed by atoms with Gasteiger partial charge < -0.3 is 15.0 Å². The predicted molar refractivity (Wildman–Crippen MR) is 57.9 cm³/mol. The molecule has 0 amide bonds. The van der Waals surface area contributed by atoms with Crippen LogP contribution in [0.3, 0.4) is 0 Å². The van der Waals surface area contributed by atoms with E-state index in [1.54, 1.807) is 6.20 Å². The fourth-order valence-corrected chi connectivity index (χ4v) is 1.41. The second kappa shape index (κ2) is 5.38. The number of carbonyl (C=O) groups is 1. The van der Waals surface area contributed by atoms with Gasteiger partial charge in [-0.25, -0.2) is 9.78 Å². The lowest BCUT2D eigenvalue weighted by molar-refractivity contribution is -0.138. The maximum Gasteiger partial charge on any atom is 0.326 e. The fourth-order valence-electron chi connectivity index (χ4n) is 1.41. The standard InChI is InChI=1S/C10H17N3O2/c1-3-5-8(9(14)15)12-10-11-6-7-13(10)4-2/h6-8H,3-5H2,1-2H3,(H,11,12)(H,14,15). The molecule has 0 aromatic carbocycles. The molecule has 0 aliphatic rings. The summed E-state index contributed by atoms with van der Waals surface area (Å²) in [5.41, 5.74) is 0. The SMILES string of the molecule is CCCC(Nc1nccn1CC)C(=O)O. The Labute approximate surface area is 89.1 Å². The topological polar surface area (TPSA) is 67.2 Å². The number of imidazole rings is 1. The summed E-state index contributed by atoms with van der Waals surface area (Å²) in [5, 5.41) is 11.9. The van der Waals surface area contributed by atoms with E-state index in [4.69, 9.17) is 5.11 Å². The number of hydrogen-bond acceptors (Lipinski definition) is 3. The van der Waals surface area contributed by atoms with Crippen molar-refractivity contribution in [3.8, 4) is 0 Å². The lowest BCUT2D eigenvalue weighted by atomic mass is 10.2. The Morgan fingerprint density at radius 3 is 2.93 bits per heavy atom. The number of aryl methyl sites for hydroxylation is 1. The normalized spacial score (nSPS) is 12.4. The molecule has 2 N–H and O–H groups in total. The largest absolute Gasteiger partial charge is 0.480 e. The van der Waals surface area contributed by atoms with Gasteiger partial charge in [-0.1, -0.05) is 13.3 Å².